The zero-order valence-electron chi connectivity index (χ0n) is 15.2. The molecule has 2 N–H and O–H groups in total. The van der Waals surface area contributed by atoms with Gasteiger partial charge in [0.25, 0.3) is 0 Å². The van der Waals surface area contributed by atoms with E-state index in [4.69, 9.17) is 0 Å². The summed E-state index contributed by atoms with van der Waals surface area (Å²) in [6.07, 6.45) is 5.76. The number of carbonyl (C=O) groups excluding carboxylic acids is 2. The van der Waals surface area contributed by atoms with E-state index in [2.05, 4.69) is 31.4 Å². The van der Waals surface area contributed by atoms with Crippen LogP contribution in [0.1, 0.15) is 65.7 Å². The molecule has 0 unspecified atom stereocenters. The van der Waals surface area contributed by atoms with Crippen LogP contribution in [-0.4, -0.2) is 49.4 Å². The summed E-state index contributed by atoms with van der Waals surface area (Å²) in [5.74, 6) is 0.266. The van der Waals surface area contributed by atoms with E-state index in [1.165, 1.54) is 0 Å². The van der Waals surface area contributed by atoms with Gasteiger partial charge in [-0.3, -0.25) is 9.59 Å². The van der Waals surface area contributed by atoms with Gasteiger partial charge < -0.3 is 15.5 Å². The summed E-state index contributed by atoms with van der Waals surface area (Å²) in [5, 5.41) is 6.41. The second-order valence-electron chi connectivity index (χ2n) is 7.07. The molecule has 0 bridgehead atoms. The number of hydrogen-bond acceptors (Lipinski definition) is 3. The second-order valence-corrected chi connectivity index (χ2v) is 7.07. The fraction of sp³-hybridized carbons (Fsp3) is 0.889. The van der Waals surface area contributed by atoms with E-state index >= 15 is 0 Å². The van der Waals surface area contributed by atoms with Crippen LogP contribution in [0.2, 0.25) is 0 Å². The number of carbonyl (C=O) groups is 2. The quantitative estimate of drug-likeness (QED) is 0.648. The molecular weight excluding hydrogens is 290 g/mol. The van der Waals surface area contributed by atoms with Crippen molar-refractivity contribution in [2.24, 2.45) is 5.41 Å². The summed E-state index contributed by atoms with van der Waals surface area (Å²) >= 11 is 0. The molecule has 1 aliphatic rings. The van der Waals surface area contributed by atoms with E-state index in [-0.39, 0.29) is 17.2 Å². The summed E-state index contributed by atoms with van der Waals surface area (Å²) in [5.41, 5.74) is 0.218. The van der Waals surface area contributed by atoms with Gasteiger partial charge in [0.15, 0.2) is 0 Å². The molecular formula is C18H35N3O2. The highest BCUT2D eigenvalue weighted by Crippen LogP contribution is 2.26. The molecule has 0 aromatic carbocycles. The van der Waals surface area contributed by atoms with Crippen LogP contribution in [0.5, 0.6) is 0 Å². The SMILES string of the molecule is CCCN(CCC)C(=O)CCCC(=O)NCC1(C)CCNCC1. The Labute approximate surface area is 141 Å². The van der Waals surface area contributed by atoms with Gasteiger partial charge in [-0.05, 0) is 50.6 Å². The van der Waals surface area contributed by atoms with Crippen molar-refractivity contribution < 1.29 is 9.59 Å². The van der Waals surface area contributed by atoms with Crippen LogP contribution in [0.15, 0.2) is 0 Å². The normalized spacial score (nSPS) is 16.8. The lowest BCUT2D eigenvalue weighted by Gasteiger charge is -2.34. The molecule has 1 aliphatic heterocycles. The van der Waals surface area contributed by atoms with Gasteiger partial charge in [-0.15, -0.1) is 0 Å². The number of amides is 2. The first kappa shape index (κ1) is 19.9. The van der Waals surface area contributed by atoms with Gasteiger partial charge >= 0.3 is 0 Å². The summed E-state index contributed by atoms with van der Waals surface area (Å²) in [7, 11) is 0. The highest BCUT2D eigenvalue weighted by atomic mass is 16.2. The van der Waals surface area contributed by atoms with Gasteiger partial charge in [-0.25, -0.2) is 0 Å². The molecule has 134 valence electrons. The van der Waals surface area contributed by atoms with Gasteiger partial charge in [0.05, 0.1) is 0 Å². The Hall–Kier alpha value is -1.10. The van der Waals surface area contributed by atoms with Crippen molar-refractivity contribution in [3.63, 3.8) is 0 Å². The summed E-state index contributed by atoms with van der Waals surface area (Å²) in [6.45, 7) is 10.9. The van der Waals surface area contributed by atoms with Crippen LogP contribution in [0.4, 0.5) is 0 Å². The molecule has 1 heterocycles. The van der Waals surface area contributed by atoms with Crippen LogP contribution in [0.3, 0.4) is 0 Å². The molecule has 0 radical (unpaired) electrons. The topological polar surface area (TPSA) is 61.4 Å². The molecule has 1 saturated heterocycles. The maximum absolute atomic E-state index is 12.1. The lowest BCUT2D eigenvalue weighted by atomic mass is 9.81. The molecule has 1 rings (SSSR count). The van der Waals surface area contributed by atoms with Crippen LogP contribution in [-0.2, 0) is 9.59 Å². The first-order valence-electron chi connectivity index (χ1n) is 9.26. The molecule has 1 fully saturated rings. The molecule has 0 aromatic rings. The molecule has 0 saturated carbocycles. The Balaban J connectivity index is 2.21. The first-order valence-corrected chi connectivity index (χ1v) is 9.26. The van der Waals surface area contributed by atoms with Crippen LogP contribution in [0.25, 0.3) is 0 Å². The Morgan fingerprint density at radius 1 is 1.09 bits per heavy atom. The fourth-order valence-corrected chi connectivity index (χ4v) is 3.07. The number of nitrogens with zero attached hydrogens (tertiary/aromatic N) is 1. The molecule has 5 nitrogen and oxygen atoms in total. The number of rotatable bonds is 10. The molecule has 2 amide bonds. The molecule has 0 spiro atoms. The van der Waals surface area contributed by atoms with E-state index in [1.54, 1.807) is 0 Å². The Bertz CT molecular complexity index is 359. The van der Waals surface area contributed by atoms with Gasteiger partial charge in [0.2, 0.25) is 11.8 Å². The van der Waals surface area contributed by atoms with E-state index in [0.717, 1.165) is 58.4 Å². The molecule has 5 heteroatoms. The highest BCUT2D eigenvalue weighted by Gasteiger charge is 2.26. The number of piperidine rings is 1. The average molecular weight is 325 g/mol. The third kappa shape index (κ3) is 7.82. The minimum atomic E-state index is 0.0788. The Morgan fingerprint density at radius 3 is 2.26 bits per heavy atom. The zero-order valence-corrected chi connectivity index (χ0v) is 15.2. The summed E-state index contributed by atoms with van der Waals surface area (Å²) in [6, 6.07) is 0. The lowest BCUT2D eigenvalue weighted by molar-refractivity contribution is -0.131. The van der Waals surface area contributed by atoms with Crippen molar-refractivity contribution in [3.8, 4) is 0 Å². The van der Waals surface area contributed by atoms with Crippen molar-refractivity contribution in [1.29, 1.82) is 0 Å². The second kappa shape index (κ2) is 10.6. The van der Waals surface area contributed by atoms with E-state index < -0.39 is 0 Å². The van der Waals surface area contributed by atoms with Crippen molar-refractivity contribution in [2.75, 3.05) is 32.7 Å². The van der Waals surface area contributed by atoms with Crippen molar-refractivity contribution in [1.82, 2.24) is 15.5 Å². The van der Waals surface area contributed by atoms with E-state index in [0.29, 0.717) is 19.3 Å². The summed E-state index contributed by atoms with van der Waals surface area (Å²) < 4.78 is 0. The van der Waals surface area contributed by atoms with Gasteiger partial charge in [-0.1, -0.05) is 20.8 Å². The summed E-state index contributed by atoms with van der Waals surface area (Å²) in [4.78, 5) is 26.1. The molecule has 23 heavy (non-hydrogen) atoms. The minimum absolute atomic E-state index is 0.0788. The largest absolute Gasteiger partial charge is 0.356 e. The van der Waals surface area contributed by atoms with E-state index in [1.807, 2.05) is 4.90 Å². The maximum Gasteiger partial charge on any atom is 0.222 e. The van der Waals surface area contributed by atoms with Crippen molar-refractivity contribution in [3.05, 3.63) is 0 Å². The predicted octanol–water partition coefficient (Wildman–Crippen LogP) is 2.31. The maximum atomic E-state index is 12.1. The standard InChI is InChI=1S/C18H35N3O2/c1-4-13-21(14-5-2)17(23)8-6-7-16(22)20-15-18(3)9-11-19-12-10-18/h19H,4-15H2,1-3H3,(H,20,22). The lowest BCUT2D eigenvalue weighted by Crippen LogP contribution is -2.42. The number of hydrogen-bond donors (Lipinski definition) is 2. The Morgan fingerprint density at radius 2 is 1.70 bits per heavy atom. The third-order valence-corrected chi connectivity index (χ3v) is 4.66. The molecule has 0 aliphatic carbocycles. The predicted molar refractivity (Wildman–Crippen MR) is 94.2 cm³/mol. The van der Waals surface area contributed by atoms with Gasteiger partial charge in [-0.2, -0.15) is 0 Å². The highest BCUT2D eigenvalue weighted by molar-refractivity contribution is 5.79. The fourth-order valence-electron chi connectivity index (χ4n) is 3.07. The average Bonchev–Trinajstić information content (AvgIpc) is 2.53. The first-order chi connectivity index (χ1) is 11.0. The van der Waals surface area contributed by atoms with E-state index in [9.17, 15) is 9.59 Å². The van der Waals surface area contributed by atoms with Crippen molar-refractivity contribution in [2.45, 2.75) is 65.7 Å². The van der Waals surface area contributed by atoms with Crippen LogP contribution >= 0.6 is 0 Å². The Kier molecular flexibility index (Phi) is 9.22. The zero-order chi connectivity index (χ0) is 17.1. The molecule has 0 atom stereocenters. The van der Waals surface area contributed by atoms with Crippen LogP contribution < -0.4 is 10.6 Å². The van der Waals surface area contributed by atoms with Gasteiger partial charge in [0, 0.05) is 32.5 Å². The monoisotopic (exact) mass is 325 g/mol. The van der Waals surface area contributed by atoms with Crippen molar-refractivity contribution >= 4 is 11.8 Å². The smallest absolute Gasteiger partial charge is 0.222 e. The van der Waals surface area contributed by atoms with Gasteiger partial charge in [0.1, 0.15) is 0 Å². The molecule has 0 aromatic heterocycles. The number of nitrogens with one attached hydrogen (secondary N) is 2. The minimum Gasteiger partial charge on any atom is -0.356 e. The third-order valence-electron chi connectivity index (χ3n) is 4.66. The van der Waals surface area contributed by atoms with Crippen LogP contribution in [0, 0.1) is 5.41 Å².